The predicted octanol–water partition coefficient (Wildman–Crippen LogP) is 3.79. The van der Waals surface area contributed by atoms with E-state index in [1.54, 1.807) is 11.8 Å². The highest BCUT2D eigenvalue weighted by Gasteiger charge is 2.19. The van der Waals surface area contributed by atoms with Crippen LogP contribution in [0.15, 0.2) is 4.90 Å². The Labute approximate surface area is 136 Å². The molecular formula is C15H27N3OS2. The van der Waals surface area contributed by atoms with Gasteiger partial charge in [0, 0.05) is 19.5 Å². The molecule has 0 aliphatic carbocycles. The number of carbonyl (C=O) groups is 1. The van der Waals surface area contributed by atoms with Gasteiger partial charge in [0.15, 0.2) is 5.78 Å². The predicted molar refractivity (Wildman–Crippen MR) is 96.0 cm³/mol. The lowest BCUT2D eigenvalue weighted by Gasteiger charge is -2.19. The Bertz CT molecular complexity index is 460. The smallest absolute Gasteiger partial charge is 0.174 e. The highest BCUT2D eigenvalue weighted by Crippen LogP contribution is 2.42. The summed E-state index contributed by atoms with van der Waals surface area (Å²) in [5.41, 5.74) is 6.76. The molecular weight excluding hydrogens is 302 g/mol. The molecule has 0 bridgehead atoms. The Balaban J connectivity index is 2.72. The monoisotopic (exact) mass is 329 g/mol. The number of rotatable bonds is 10. The zero-order valence-corrected chi connectivity index (χ0v) is 15.1. The van der Waals surface area contributed by atoms with E-state index in [-0.39, 0.29) is 5.78 Å². The summed E-state index contributed by atoms with van der Waals surface area (Å²) in [6, 6.07) is 0. The number of carbonyl (C=O) groups excluding carboxylic acids is 1. The molecule has 0 spiro atoms. The van der Waals surface area contributed by atoms with Crippen LogP contribution in [0.4, 0.5) is 10.7 Å². The van der Waals surface area contributed by atoms with E-state index in [4.69, 9.17) is 5.73 Å². The van der Waals surface area contributed by atoms with Crippen molar-refractivity contribution < 1.29 is 4.79 Å². The standard InChI is InChI=1S/C15H27N3OS2/c1-5-9-18(7-3)10-8-17-15-14(20-4)12(16)13(21-15)11(19)6-2/h17H,5-10,16H2,1-4H3. The maximum Gasteiger partial charge on any atom is 0.174 e. The van der Waals surface area contributed by atoms with Crippen molar-refractivity contribution in [2.45, 2.75) is 38.5 Å². The highest BCUT2D eigenvalue weighted by molar-refractivity contribution is 7.99. The minimum Gasteiger partial charge on any atom is -0.396 e. The van der Waals surface area contributed by atoms with Crippen LogP contribution in [0, 0.1) is 0 Å². The van der Waals surface area contributed by atoms with Crippen molar-refractivity contribution in [1.82, 2.24) is 4.90 Å². The second-order valence-electron chi connectivity index (χ2n) is 4.85. The molecule has 120 valence electrons. The zero-order chi connectivity index (χ0) is 15.8. The van der Waals surface area contributed by atoms with Crippen molar-refractivity contribution >= 4 is 39.6 Å². The van der Waals surface area contributed by atoms with Crippen LogP contribution < -0.4 is 11.1 Å². The molecule has 1 heterocycles. The van der Waals surface area contributed by atoms with Gasteiger partial charge in [-0.1, -0.05) is 20.8 Å². The third kappa shape index (κ3) is 4.90. The first-order chi connectivity index (χ1) is 10.1. The fraction of sp³-hybridized carbons (Fsp3) is 0.667. The largest absolute Gasteiger partial charge is 0.396 e. The van der Waals surface area contributed by atoms with Crippen molar-refractivity contribution in [2.75, 3.05) is 43.5 Å². The number of hydrogen-bond acceptors (Lipinski definition) is 6. The minimum atomic E-state index is 0.127. The molecule has 1 rings (SSSR count). The lowest BCUT2D eigenvalue weighted by Crippen LogP contribution is -2.29. The SMILES string of the molecule is CCCN(CC)CCNc1sc(C(=O)CC)c(N)c1SC. The van der Waals surface area contributed by atoms with Gasteiger partial charge in [-0.2, -0.15) is 0 Å². The average Bonchev–Trinajstić information content (AvgIpc) is 2.81. The molecule has 0 radical (unpaired) electrons. The Morgan fingerprint density at radius 1 is 1.33 bits per heavy atom. The van der Waals surface area contributed by atoms with Crippen LogP contribution in [0.1, 0.15) is 43.3 Å². The van der Waals surface area contributed by atoms with Crippen LogP contribution in [-0.4, -0.2) is 43.1 Å². The quantitative estimate of drug-likeness (QED) is 0.505. The van der Waals surface area contributed by atoms with Crippen molar-refractivity contribution in [3.63, 3.8) is 0 Å². The Morgan fingerprint density at radius 2 is 2.05 bits per heavy atom. The van der Waals surface area contributed by atoms with Gasteiger partial charge in [0.2, 0.25) is 0 Å². The van der Waals surface area contributed by atoms with Crippen LogP contribution in [0.25, 0.3) is 0 Å². The Hall–Kier alpha value is -0.720. The van der Waals surface area contributed by atoms with E-state index < -0.39 is 0 Å². The van der Waals surface area contributed by atoms with E-state index in [1.807, 2.05) is 13.2 Å². The number of nitrogens with one attached hydrogen (secondary N) is 1. The number of anilines is 2. The summed E-state index contributed by atoms with van der Waals surface area (Å²) in [6.07, 6.45) is 3.67. The summed E-state index contributed by atoms with van der Waals surface area (Å²) < 4.78 is 0. The van der Waals surface area contributed by atoms with E-state index in [0.29, 0.717) is 17.0 Å². The summed E-state index contributed by atoms with van der Waals surface area (Å²) >= 11 is 3.09. The molecule has 0 fully saturated rings. The molecule has 0 aromatic carbocycles. The number of ketones is 1. The maximum atomic E-state index is 11.9. The van der Waals surface area contributed by atoms with E-state index in [9.17, 15) is 4.79 Å². The molecule has 0 saturated carbocycles. The first kappa shape index (κ1) is 18.3. The number of Topliss-reactive ketones (excluding diaryl/α,β-unsaturated/α-hetero) is 1. The second kappa shape index (κ2) is 9.33. The number of likely N-dealkylation sites (N-methyl/N-ethyl adjacent to an activating group) is 1. The van der Waals surface area contributed by atoms with Gasteiger partial charge in [0.05, 0.1) is 15.5 Å². The van der Waals surface area contributed by atoms with E-state index >= 15 is 0 Å². The van der Waals surface area contributed by atoms with Crippen molar-refractivity contribution in [3.8, 4) is 0 Å². The molecule has 6 heteroatoms. The Kier molecular flexibility index (Phi) is 8.14. The third-order valence-electron chi connectivity index (χ3n) is 3.38. The number of nitrogen functional groups attached to an aromatic ring is 1. The van der Waals surface area contributed by atoms with Crippen LogP contribution >= 0.6 is 23.1 Å². The highest BCUT2D eigenvalue weighted by atomic mass is 32.2. The van der Waals surface area contributed by atoms with Crippen LogP contribution in [0.5, 0.6) is 0 Å². The number of thioether (sulfide) groups is 1. The molecule has 0 atom stereocenters. The molecule has 0 saturated heterocycles. The van der Waals surface area contributed by atoms with E-state index in [2.05, 4.69) is 24.1 Å². The lowest BCUT2D eigenvalue weighted by molar-refractivity contribution is 0.0992. The van der Waals surface area contributed by atoms with Gasteiger partial charge in [0.1, 0.15) is 5.00 Å². The third-order valence-corrected chi connectivity index (χ3v) is 5.54. The molecule has 0 unspecified atom stereocenters. The summed E-state index contributed by atoms with van der Waals surface area (Å²) in [5, 5.41) is 4.48. The maximum absolute atomic E-state index is 11.9. The van der Waals surface area contributed by atoms with E-state index in [1.165, 1.54) is 17.8 Å². The number of thiophene rings is 1. The number of nitrogens with zero attached hydrogens (tertiary/aromatic N) is 1. The molecule has 1 aromatic rings. The van der Waals surface area contributed by atoms with Gasteiger partial charge in [-0.3, -0.25) is 4.79 Å². The van der Waals surface area contributed by atoms with Crippen molar-refractivity contribution in [2.24, 2.45) is 0 Å². The average molecular weight is 330 g/mol. The molecule has 1 aromatic heterocycles. The minimum absolute atomic E-state index is 0.127. The first-order valence-electron chi connectivity index (χ1n) is 7.54. The van der Waals surface area contributed by atoms with E-state index in [0.717, 1.165) is 36.1 Å². The normalized spacial score (nSPS) is 11.1. The van der Waals surface area contributed by atoms with Gasteiger partial charge in [0.25, 0.3) is 0 Å². The fourth-order valence-electron chi connectivity index (χ4n) is 2.19. The number of hydrogen-bond donors (Lipinski definition) is 2. The molecule has 0 amide bonds. The van der Waals surface area contributed by atoms with Gasteiger partial charge in [-0.05, 0) is 25.8 Å². The molecule has 0 aliphatic heterocycles. The Morgan fingerprint density at radius 3 is 2.57 bits per heavy atom. The van der Waals surface area contributed by atoms with Crippen LogP contribution in [0.2, 0.25) is 0 Å². The summed E-state index contributed by atoms with van der Waals surface area (Å²) in [7, 11) is 0. The zero-order valence-electron chi connectivity index (χ0n) is 13.5. The molecule has 21 heavy (non-hydrogen) atoms. The summed E-state index contributed by atoms with van der Waals surface area (Å²) in [5.74, 6) is 0.127. The molecule has 4 nitrogen and oxygen atoms in total. The van der Waals surface area contributed by atoms with Crippen molar-refractivity contribution in [3.05, 3.63) is 4.88 Å². The summed E-state index contributed by atoms with van der Waals surface area (Å²) in [4.78, 5) is 16.0. The number of nitrogens with two attached hydrogens (primary N) is 1. The molecule has 0 aliphatic rings. The van der Waals surface area contributed by atoms with Crippen molar-refractivity contribution in [1.29, 1.82) is 0 Å². The fourth-order valence-corrected chi connectivity index (χ4v) is 4.26. The first-order valence-corrected chi connectivity index (χ1v) is 9.58. The van der Waals surface area contributed by atoms with Gasteiger partial charge >= 0.3 is 0 Å². The topological polar surface area (TPSA) is 58.4 Å². The van der Waals surface area contributed by atoms with Crippen LogP contribution in [-0.2, 0) is 0 Å². The molecule has 3 N–H and O–H groups in total. The lowest BCUT2D eigenvalue weighted by atomic mass is 10.2. The summed E-state index contributed by atoms with van der Waals surface area (Å²) in [6.45, 7) is 10.3. The second-order valence-corrected chi connectivity index (χ2v) is 6.68. The van der Waals surface area contributed by atoms with Crippen LogP contribution in [0.3, 0.4) is 0 Å². The van der Waals surface area contributed by atoms with Gasteiger partial charge in [-0.15, -0.1) is 23.1 Å². The van der Waals surface area contributed by atoms with Gasteiger partial charge < -0.3 is 16.0 Å². The van der Waals surface area contributed by atoms with Gasteiger partial charge in [-0.25, -0.2) is 0 Å².